The second-order valence-corrected chi connectivity index (χ2v) is 9.73. The van der Waals surface area contributed by atoms with Gasteiger partial charge in [0.2, 0.25) is 16.9 Å². The number of carbonyl (C=O) groups excluding carboxylic acids is 4. The van der Waals surface area contributed by atoms with Crippen molar-refractivity contribution in [1.82, 2.24) is 10.6 Å². The summed E-state index contributed by atoms with van der Waals surface area (Å²) in [5, 5.41) is 24.4. The zero-order chi connectivity index (χ0) is 25.7. The van der Waals surface area contributed by atoms with E-state index in [4.69, 9.17) is 9.47 Å². The first-order valence-corrected chi connectivity index (χ1v) is 12.0. The van der Waals surface area contributed by atoms with E-state index < -0.39 is 36.0 Å². The molecule has 12 heteroatoms. The lowest BCUT2D eigenvalue weighted by molar-refractivity contribution is -0.261. The van der Waals surface area contributed by atoms with E-state index in [0.717, 1.165) is 23.9 Å². The number of amides is 2. The van der Waals surface area contributed by atoms with Gasteiger partial charge in [0.05, 0.1) is 25.9 Å². The van der Waals surface area contributed by atoms with Gasteiger partial charge in [-0.15, -0.1) is 0 Å². The fraction of sp³-hybridized carbons (Fsp3) is 0.727. The van der Waals surface area contributed by atoms with Crippen molar-refractivity contribution >= 4 is 34.7 Å². The van der Waals surface area contributed by atoms with Crippen LogP contribution >= 0.6 is 11.8 Å². The number of hydrogen-bond donors (Lipinski definition) is 4. The molecule has 2 amide bonds. The number of carbonyl (C=O) groups is 4. The highest BCUT2D eigenvalue weighted by Gasteiger charge is 2.43. The lowest BCUT2D eigenvalue weighted by atomic mass is 9.85. The van der Waals surface area contributed by atoms with Crippen LogP contribution in [0.25, 0.3) is 0 Å². The molecule has 194 valence electrons. The third-order valence-electron chi connectivity index (χ3n) is 4.83. The molecule has 0 spiro atoms. The molecule has 1 rings (SSSR count). The van der Waals surface area contributed by atoms with Gasteiger partial charge in [0, 0.05) is 43.2 Å². The molecule has 1 fully saturated rings. The number of nitrogens with one attached hydrogen (secondary N) is 2. The molecule has 0 radical (unpaired) electrons. The van der Waals surface area contributed by atoms with E-state index in [9.17, 15) is 29.4 Å². The molecule has 0 bridgehead atoms. The first-order chi connectivity index (χ1) is 15.9. The Morgan fingerprint density at radius 1 is 1.18 bits per heavy atom. The van der Waals surface area contributed by atoms with Gasteiger partial charge in [-0.3, -0.25) is 14.4 Å². The van der Waals surface area contributed by atoms with Crippen molar-refractivity contribution in [1.29, 1.82) is 0 Å². The number of thioether (sulfide) groups is 1. The van der Waals surface area contributed by atoms with Crippen LogP contribution in [0.1, 0.15) is 40.0 Å². The number of aliphatic hydroxyl groups is 2. The summed E-state index contributed by atoms with van der Waals surface area (Å²) in [6.45, 7) is 5.83. The summed E-state index contributed by atoms with van der Waals surface area (Å²) < 4.78 is 15.8. The van der Waals surface area contributed by atoms with Crippen LogP contribution in [0.15, 0.2) is 12.2 Å². The van der Waals surface area contributed by atoms with Gasteiger partial charge in [0.1, 0.15) is 6.10 Å². The highest BCUT2D eigenvalue weighted by molar-refractivity contribution is 8.14. The fourth-order valence-corrected chi connectivity index (χ4v) is 3.66. The molecule has 34 heavy (non-hydrogen) atoms. The van der Waals surface area contributed by atoms with E-state index in [-0.39, 0.29) is 55.9 Å². The van der Waals surface area contributed by atoms with E-state index >= 15 is 0 Å². The van der Waals surface area contributed by atoms with Crippen molar-refractivity contribution < 1.29 is 43.6 Å². The number of esters is 1. The molecule has 3 unspecified atom stereocenters. The smallest absolute Gasteiger partial charge is 0.330 e. The van der Waals surface area contributed by atoms with E-state index in [1.165, 1.54) is 7.11 Å². The van der Waals surface area contributed by atoms with Crippen LogP contribution in [0.5, 0.6) is 0 Å². The summed E-state index contributed by atoms with van der Waals surface area (Å²) in [5.41, 5.74) is -0.607. The summed E-state index contributed by atoms with van der Waals surface area (Å²) in [5.74, 6) is -0.961. The van der Waals surface area contributed by atoms with Gasteiger partial charge >= 0.3 is 5.97 Å². The molecule has 11 nitrogen and oxygen atoms in total. The standard InChI is InChI=1S/C22H36N2O9S/c1-14(25)11-15(26)12-19-32-13-22(2,3)20(33-19)21(30)24-8-7-16(27)23-9-10-34-18(29)6-5-17(28)31-4/h5-6,14-15,19-20,25-26H,7-13H2,1-4H3,(H,23,27)(H,24,30)/b6-5+/t14?,15?,19?,20-/m0/s1. The number of aliphatic hydroxyl groups excluding tert-OH is 2. The second-order valence-electron chi connectivity index (χ2n) is 8.63. The number of rotatable bonds is 13. The van der Waals surface area contributed by atoms with E-state index in [0.29, 0.717) is 5.75 Å². The Kier molecular flexibility index (Phi) is 13.3. The fourth-order valence-electron chi connectivity index (χ4n) is 3.09. The first kappa shape index (κ1) is 30.0. The summed E-state index contributed by atoms with van der Waals surface area (Å²) in [6.07, 6.45) is -0.601. The van der Waals surface area contributed by atoms with Crippen molar-refractivity contribution in [3.05, 3.63) is 12.2 Å². The van der Waals surface area contributed by atoms with Crippen molar-refractivity contribution in [3.8, 4) is 0 Å². The summed E-state index contributed by atoms with van der Waals surface area (Å²) in [6, 6.07) is 0. The van der Waals surface area contributed by atoms with Gasteiger partial charge in [-0.1, -0.05) is 25.6 Å². The summed E-state index contributed by atoms with van der Waals surface area (Å²) in [7, 11) is 1.21. The third kappa shape index (κ3) is 11.9. The molecule has 1 saturated heterocycles. The van der Waals surface area contributed by atoms with Gasteiger partial charge in [-0.05, 0) is 19.4 Å². The molecule has 4 N–H and O–H groups in total. The Morgan fingerprint density at radius 2 is 1.88 bits per heavy atom. The SMILES string of the molecule is COC(=O)/C=C/C(=O)SCCNC(=O)CCNC(=O)[C@@H]1OC(CC(O)CC(C)O)OCC1(C)C. The molecule has 0 aliphatic carbocycles. The Labute approximate surface area is 204 Å². The predicted molar refractivity (Wildman–Crippen MR) is 125 cm³/mol. The van der Waals surface area contributed by atoms with Gasteiger partial charge in [-0.2, -0.15) is 0 Å². The lowest BCUT2D eigenvalue weighted by Crippen LogP contribution is -2.54. The normalized spacial score (nSPS) is 21.5. The molecule has 1 heterocycles. The minimum atomic E-state index is -0.825. The zero-order valence-corrected chi connectivity index (χ0v) is 20.9. The van der Waals surface area contributed by atoms with E-state index in [1.54, 1.807) is 6.92 Å². The molecular weight excluding hydrogens is 468 g/mol. The maximum absolute atomic E-state index is 12.7. The van der Waals surface area contributed by atoms with Gasteiger partial charge in [0.15, 0.2) is 6.29 Å². The number of ether oxygens (including phenoxy) is 3. The molecule has 0 aromatic heterocycles. The first-order valence-electron chi connectivity index (χ1n) is 11.0. The Hall–Kier alpha value is -1.99. The quantitative estimate of drug-likeness (QED) is 0.151. The molecular formula is C22H36N2O9S. The van der Waals surface area contributed by atoms with Crippen LogP contribution in [-0.2, 0) is 33.4 Å². The molecule has 0 aromatic carbocycles. The average molecular weight is 505 g/mol. The minimum Gasteiger partial charge on any atom is -0.466 e. The molecule has 0 saturated carbocycles. The Balaban J connectivity index is 2.34. The average Bonchev–Trinajstić information content (AvgIpc) is 2.75. The summed E-state index contributed by atoms with van der Waals surface area (Å²) >= 11 is 0.947. The maximum Gasteiger partial charge on any atom is 0.330 e. The van der Waals surface area contributed by atoms with Gasteiger partial charge in [0.25, 0.3) is 0 Å². The second kappa shape index (κ2) is 15.1. The predicted octanol–water partition coefficient (Wildman–Crippen LogP) is -0.112. The van der Waals surface area contributed by atoms with Gasteiger partial charge < -0.3 is 35.1 Å². The Morgan fingerprint density at radius 3 is 2.53 bits per heavy atom. The minimum absolute atomic E-state index is 0.0484. The lowest BCUT2D eigenvalue weighted by Gasteiger charge is -2.41. The molecule has 1 aliphatic rings. The number of methoxy groups -OCH3 is 1. The third-order valence-corrected chi connectivity index (χ3v) is 5.66. The molecule has 0 aromatic rings. The monoisotopic (exact) mass is 504 g/mol. The van der Waals surface area contributed by atoms with Crippen molar-refractivity contribution in [2.24, 2.45) is 5.41 Å². The van der Waals surface area contributed by atoms with Crippen LogP contribution in [0.3, 0.4) is 0 Å². The van der Waals surface area contributed by atoms with E-state index in [2.05, 4.69) is 15.4 Å². The van der Waals surface area contributed by atoms with Crippen molar-refractivity contribution in [2.75, 3.05) is 32.6 Å². The Bertz CT molecular complexity index is 727. The van der Waals surface area contributed by atoms with Crippen LogP contribution in [0, 0.1) is 5.41 Å². The molecule has 4 atom stereocenters. The number of hydrogen-bond acceptors (Lipinski definition) is 10. The van der Waals surface area contributed by atoms with Crippen molar-refractivity contribution in [2.45, 2.75) is 64.6 Å². The van der Waals surface area contributed by atoms with Crippen LogP contribution in [-0.4, -0.2) is 90.3 Å². The summed E-state index contributed by atoms with van der Waals surface area (Å²) in [4.78, 5) is 47.1. The zero-order valence-electron chi connectivity index (χ0n) is 20.1. The largest absolute Gasteiger partial charge is 0.466 e. The van der Waals surface area contributed by atoms with Crippen molar-refractivity contribution in [3.63, 3.8) is 0 Å². The van der Waals surface area contributed by atoms with E-state index in [1.807, 2.05) is 13.8 Å². The maximum atomic E-state index is 12.7. The topological polar surface area (TPSA) is 160 Å². The van der Waals surface area contributed by atoms with Crippen LogP contribution < -0.4 is 10.6 Å². The highest BCUT2D eigenvalue weighted by atomic mass is 32.2. The van der Waals surface area contributed by atoms with Gasteiger partial charge in [-0.25, -0.2) is 4.79 Å². The molecule has 1 aliphatic heterocycles. The highest BCUT2D eigenvalue weighted by Crippen LogP contribution is 2.32. The van der Waals surface area contributed by atoms with Crippen LogP contribution in [0.2, 0.25) is 0 Å². The van der Waals surface area contributed by atoms with Crippen LogP contribution in [0.4, 0.5) is 0 Å².